The fourth-order valence-electron chi connectivity index (χ4n) is 5.11. The van der Waals surface area contributed by atoms with Crippen LogP contribution in [0.25, 0.3) is 21.9 Å². The zero-order valence-electron chi connectivity index (χ0n) is 22.8. The molecule has 4 aromatic heterocycles. The van der Waals surface area contributed by atoms with Crippen LogP contribution < -0.4 is 27.3 Å². The van der Waals surface area contributed by atoms with Gasteiger partial charge in [0, 0.05) is 63.4 Å². The molecule has 0 aliphatic carbocycles. The summed E-state index contributed by atoms with van der Waals surface area (Å²) in [7, 11) is 0. The maximum absolute atomic E-state index is 13.6. The molecule has 43 heavy (non-hydrogen) atoms. The van der Waals surface area contributed by atoms with Crippen LogP contribution in [0.5, 0.6) is 0 Å². The van der Waals surface area contributed by atoms with Crippen molar-refractivity contribution in [1.82, 2.24) is 19.4 Å². The molecule has 0 spiro atoms. The van der Waals surface area contributed by atoms with Crippen molar-refractivity contribution in [2.24, 2.45) is 0 Å². The lowest BCUT2D eigenvalue weighted by Gasteiger charge is -2.36. The minimum Gasteiger partial charge on any atom is -0.455 e. The Morgan fingerprint density at radius 2 is 1.63 bits per heavy atom. The lowest BCUT2D eigenvalue weighted by Crippen LogP contribution is -2.50. The molecule has 1 unspecified atom stereocenters. The summed E-state index contributed by atoms with van der Waals surface area (Å²) in [5.74, 6) is 0.212. The molecule has 218 valence electrons. The van der Waals surface area contributed by atoms with E-state index in [2.05, 4.69) is 19.8 Å². The number of aromatic nitrogens is 3. The van der Waals surface area contributed by atoms with E-state index in [1.54, 1.807) is 18.3 Å². The molecular weight excluding hydrogens is 558 g/mol. The lowest BCUT2D eigenvalue weighted by molar-refractivity contribution is 0.0144. The molecule has 0 N–H and O–H groups in total. The van der Waals surface area contributed by atoms with E-state index in [1.807, 2.05) is 18.2 Å². The number of hydrogen-bond acceptors (Lipinski definition) is 12. The summed E-state index contributed by atoms with van der Waals surface area (Å²) in [4.78, 5) is 76.8. The van der Waals surface area contributed by atoms with E-state index in [9.17, 15) is 24.0 Å². The molecule has 1 fully saturated rings. The third kappa shape index (κ3) is 5.83. The van der Waals surface area contributed by atoms with Crippen LogP contribution in [-0.2, 0) is 11.3 Å². The molecule has 1 saturated heterocycles. The number of benzene rings is 1. The van der Waals surface area contributed by atoms with E-state index in [0.717, 1.165) is 22.5 Å². The van der Waals surface area contributed by atoms with Crippen LogP contribution in [0.4, 0.5) is 5.82 Å². The molecular formula is C30H25N5O8. The molecule has 1 aliphatic rings. The number of rotatable bonds is 7. The number of carbonyl (C=O) groups excluding carboxylic acids is 1. The molecule has 1 aromatic carbocycles. The van der Waals surface area contributed by atoms with Gasteiger partial charge in [-0.15, -0.1) is 0 Å². The minimum atomic E-state index is -0.905. The first-order valence-electron chi connectivity index (χ1n) is 13.5. The van der Waals surface area contributed by atoms with Crippen LogP contribution in [0.15, 0.2) is 101 Å². The molecule has 5 heterocycles. The molecule has 13 heteroatoms. The van der Waals surface area contributed by atoms with Crippen LogP contribution >= 0.6 is 0 Å². The Bertz CT molecular complexity index is 2030. The fraction of sp³-hybridized carbons (Fsp3) is 0.233. The molecule has 0 saturated carbocycles. The molecule has 1 atom stereocenters. The average Bonchev–Trinajstić information content (AvgIpc) is 3.26. The first-order valence-corrected chi connectivity index (χ1v) is 13.5. The predicted molar refractivity (Wildman–Crippen MR) is 155 cm³/mol. The highest BCUT2D eigenvalue weighted by Crippen LogP contribution is 2.19. The Hall–Kier alpha value is -5.43. The number of ether oxygens (including phenoxy) is 1. The monoisotopic (exact) mass is 583 g/mol. The first kappa shape index (κ1) is 27.7. The van der Waals surface area contributed by atoms with E-state index >= 15 is 0 Å². The second-order valence-electron chi connectivity index (χ2n) is 9.96. The summed E-state index contributed by atoms with van der Waals surface area (Å²) in [6.45, 7) is 2.59. The highest BCUT2D eigenvalue weighted by atomic mass is 16.5. The van der Waals surface area contributed by atoms with Crippen molar-refractivity contribution >= 4 is 33.7 Å². The standard InChI is InChI=1S/C30H25N5O8/c36-24-8-9-25(37)43-27-22(42-24)7-6-21-26(27)29(39)35(28(21)38)18-20(41-30(40)19-4-3-10-31-16-19)17-33-12-14-34(15-13-33)23-5-1-2-11-32-23/h1-11,16,20H,12-15,17-18H2. The van der Waals surface area contributed by atoms with Gasteiger partial charge < -0.3 is 18.5 Å². The number of piperazine rings is 1. The van der Waals surface area contributed by atoms with Gasteiger partial charge in [-0.05, 0) is 36.4 Å². The van der Waals surface area contributed by atoms with Gasteiger partial charge in [0.25, 0.3) is 11.1 Å². The van der Waals surface area contributed by atoms with Gasteiger partial charge in [-0.25, -0.2) is 19.4 Å². The number of anilines is 1. The van der Waals surface area contributed by atoms with E-state index < -0.39 is 34.4 Å². The molecule has 0 amide bonds. The smallest absolute Gasteiger partial charge is 0.340 e. The lowest BCUT2D eigenvalue weighted by atomic mass is 10.2. The predicted octanol–water partition coefficient (Wildman–Crippen LogP) is 1.26. The van der Waals surface area contributed by atoms with Gasteiger partial charge >= 0.3 is 17.2 Å². The molecule has 1 aliphatic heterocycles. The van der Waals surface area contributed by atoms with E-state index in [-0.39, 0.29) is 40.6 Å². The van der Waals surface area contributed by atoms with E-state index in [1.165, 1.54) is 24.5 Å². The second kappa shape index (κ2) is 11.8. The number of nitrogens with zero attached hydrogens (tertiary/aromatic N) is 5. The highest BCUT2D eigenvalue weighted by Gasteiger charge is 2.27. The Morgan fingerprint density at radius 3 is 2.35 bits per heavy atom. The number of hydrogen-bond donors (Lipinski definition) is 0. The van der Waals surface area contributed by atoms with Crippen LogP contribution in [0.3, 0.4) is 0 Å². The van der Waals surface area contributed by atoms with Crippen LogP contribution in [0.1, 0.15) is 10.4 Å². The average molecular weight is 584 g/mol. The van der Waals surface area contributed by atoms with Crippen molar-refractivity contribution in [3.05, 3.63) is 120 Å². The van der Waals surface area contributed by atoms with Crippen molar-refractivity contribution < 1.29 is 18.4 Å². The van der Waals surface area contributed by atoms with Crippen molar-refractivity contribution in [2.45, 2.75) is 12.6 Å². The summed E-state index contributed by atoms with van der Waals surface area (Å²) in [5, 5.41) is -0.237. The van der Waals surface area contributed by atoms with Crippen molar-refractivity contribution in [1.29, 1.82) is 0 Å². The summed E-state index contributed by atoms with van der Waals surface area (Å²) in [5.41, 5.74) is -3.45. The van der Waals surface area contributed by atoms with Gasteiger partial charge in [0.15, 0.2) is 11.2 Å². The maximum atomic E-state index is 13.6. The molecule has 0 bridgehead atoms. The second-order valence-corrected chi connectivity index (χ2v) is 9.96. The first-order chi connectivity index (χ1) is 20.9. The third-order valence-electron chi connectivity index (χ3n) is 7.19. The topological polar surface area (TPSA) is 158 Å². The van der Waals surface area contributed by atoms with Crippen molar-refractivity contribution in [2.75, 3.05) is 37.6 Å². The molecule has 0 radical (unpaired) electrons. The Labute approximate surface area is 242 Å². The maximum Gasteiger partial charge on any atom is 0.340 e. The SMILES string of the molecule is O=C(OC(CN1CCN(c2ccccn2)CC1)Cn1c(=O)c2ccc3oc(=O)ccc(=O)oc3c2c1=O)c1cccnc1. The molecule has 5 aromatic rings. The Morgan fingerprint density at radius 1 is 0.837 bits per heavy atom. The molecule has 13 nitrogen and oxygen atoms in total. The largest absolute Gasteiger partial charge is 0.455 e. The van der Waals surface area contributed by atoms with Gasteiger partial charge in [0.2, 0.25) is 0 Å². The van der Waals surface area contributed by atoms with Crippen LogP contribution in [0, 0.1) is 0 Å². The Kier molecular flexibility index (Phi) is 7.62. The van der Waals surface area contributed by atoms with Gasteiger partial charge in [0.1, 0.15) is 11.9 Å². The number of pyridine rings is 2. The zero-order chi connectivity index (χ0) is 29.9. The summed E-state index contributed by atoms with van der Waals surface area (Å²) >= 11 is 0. The molecule has 6 rings (SSSR count). The van der Waals surface area contributed by atoms with Gasteiger partial charge in [-0.3, -0.25) is 24.0 Å². The minimum absolute atomic E-state index is 0.0292. The number of fused-ring (bicyclic) bond motifs is 3. The highest BCUT2D eigenvalue weighted by molar-refractivity contribution is 6.01. The number of esters is 1. The fourth-order valence-corrected chi connectivity index (χ4v) is 5.11. The summed E-state index contributed by atoms with van der Waals surface area (Å²) < 4.78 is 17.2. The van der Waals surface area contributed by atoms with Crippen LogP contribution in [0.2, 0.25) is 0 Å². The van der Waals surface area contributed by atoms with Gasteiger partial charge in [0.05, 0.1) is 22.9 Å². The van der Waals surface area contributed by atoms with E-state index in [0.29, 0.717) is 26.2 Å². The van der Waals surface area contributed by atoms with Crippen LogP contribution in [-0.4, -0.2) is 64.2 Å². The normalized spacial score (nSPS) is 14.6. The quantitative estimate of drug-likeness (QED) is 0.253. The van der Waals surface area contributed by atoms with Crippen molar-refractivity contribution in [3.63, 3.8) is 0 Å². The van der Waals surface area contributed by atoms with E-state index in [4.69, 9.17) is 13.6 Å². The summed E-state index contributed by atoms with van der Waals surface area (Å²) in [6, 6.07) is 13.3. The third-order valence-corrected chi connectivity index (χ3v) is 7.19. The van der Waals surface area contributed by atoms with Gasteiger partial charge in [-0.2, -0.15) is 0 Å². The van der Waals surface area contributed by atoms with Crippen molar-refractivity contribution in [3.8, 4) is 0 Å². The number of carbonyl (C=O) groups is 1. The van der Waals surface area contributed by atoms with Gasteiger partial charge in [-0.1, -0.05) is 6.07 Å². The zero-order valence-corrected chi connectivity index (χ0v) is 22.8. The summed E-state index contributed by atoms with van der Waals surface area (Å²) in [6.07, 6.45) is 3.73. The Balaban J connectivity index is 1.33.